The molecule has 0 spiro atoms. The Morgan fingerprint density at radius 3 is 2.83 bits per heavy atom. The van der Waals surface area contributed by atoms with Gasteiger partial charge in [0.2, 0.25) is 5.91 Å². The van der Waals surface area contributed by atoms with Crippen molar-refractivity contribution < 1.29 is 4.79 Å². The first-order valence-electron chi connectivity index (χ1n) is 7.67. The third kappa shape index (κ3) is 5.38. The first-order chi connectivity index (χ1) is 8.67. The van der Waals surface area contributed by atoms with E-state index in [4.69, 9.17) is 0 Å². The van der Waals surface area contributed by atoms with Crippen molar-refractivity contribution in [2.45, 2.75) is 65.3 Å². The molecular formula is C15H30N2O. The predicted octanol–water partition coefficient (Wildman–Crippen LogP) is 2.71. The Morgan fingerprint density at radius 2 is 2.22 bits per heavy atom. The second-order valence-electron chi connectivity index (χ2n) is 5.76. The molecule has 3 atom stereocenters. The van der Waals surface area contributed by atoms with Gasteiger partial charge in [-0.1, -0.05) is 40.0 Å². The van der Waals surface area contributed by atoms with Crippen LogP contribution >= 0.6 is 0 Å². The molecule has 1 heterocycles. The van der Waals surface area contributed by atoms with Gasteiger partial charge in [-0.25, -0.2) is 0 Å². The van der Waals surface area contributed by atoms with Gasteiger partial charge in [-0.15, -0.1) is 0 Å². The molecule has 2 N–H and O–H groups in total. The van der Waals surface area contributed by atoms with Crippen LogP contribution in [0.2, 0.25) is 0 Å². The maximum atomic E-state index is 12.1. The van der Waals surface area contributed by atoms with E-state index in [9.17, 15) is 4.79 Å². The highest BCUT2D eigenvalue weighted by molar-refractivity contribution is 5.76. The van der Waals surface area contributed by atoms with Crippen molar-refractivity contribution in [1.82, 2.24) is 10.6 Å². The van der Waals surface area contributed by atoms with Crippen LogP contribution in [0.1, 0.15) is 59.3 Å². The summed E-state index contributed by atoms with van der Waals surface area (Å²) in [6.45, 7) is 8.65. The molecule has 1 amide bonds. The average molecular weight is 254 g/mol. The van der Waals surface area contributed by atoms with Crippen LogP contribution in [-0.4, -0.2) is 25.0 Å². The SMILES string of the molecule is CCCCC(CC)CC(=O)NC1CNCCC1C. The molecule has 0 aromatic rings. The molecule has 3 unspecified atom stereocenters. The van der Waals surface area contributed by atoms with Crippen molar-refractivity contribution in [2.75, 3.05) is 13.1 Å². The maximum absolute atomic E-state index is 12.1. The van der Waals surface area contributed by atoms with Crippen LogP contribution in [0.5, 0.6) is 0 Å². The van der Waals surface area contributed by atoms with Crippen molar-refractivity contribution in [3.8, 4) is 0 Å². The molecule has 0 aromatic carbocycles. The summed E-state index contributed by atoms with van der Waals surface area (Å²) < 4.78 is 0. The quantitative estimate of drug-likeness (QED) is 0.733. The molecule has 3 heteroatoms. The fourth-order valence-electron chi connectivity index (χ4n) is 2.65. The molecule has 3 nitrogen and oxygen atoms in total. The minimum absolute atomic E-state index is 0.249. The normalized spacial score (nSPS) is 25.7. The summed E-state index contributed by atoms with van der Waals surface area (Å²) in [6, 6.07) is 0.329. The number of rotatable bonds is 7. The molecule has 1 aliphatic rings. The number of unbranched alkanes of at least 4 members (excludes halogenated alkanes) is 1. The van der Waals surface area contributed by atoms with Crippen molar-refractivity contribution in [2.24, 2.45) is 11.8 Å². The summed E-state index contributed by atoms with van der Waals surface area (Å²) in [5.41, 5.74) is 0. The van der Waals surface area contributed by atoms with Gasteiger partial charge in [-0.3, -0.25) is 4.79 Å². The fraction of sp³-hybridized carbons (Fsp3) is 0.933. The smallest absolute Gasteiger partial charge is 0.220 e. The van der Waals surface area contributed by atoms with Gasteiger partial charge in [0.25, 0.3) is 0 Å². The highest BCUT2D eigenvalue weighted by atomic mass is 16.1. The van der Waals surface area contributed by atoms with Gasteiger partial charge in [0.05, 0.1) is 0 Å². The molecule has 1 rings (SSSR count). The zero-order valence-corrected chi connectivity index (χ0v) is 12.3. The second kappa shape index (κ2) is 8.52. The Bertz CT molecular complexity index is 243. The molecule has 0 bridgehead atoms. The van der Waals surface area contributed by atoms with Gasteiger partial charge in [0.1, 0.15) is 0 Å². The molecule has 0 aromatic heterocycles. The summed E-state index contributed by atoms with van der Waals surface area (Å²) >= 11 is 0. The van der Waals surface area contributed by atoms with Crippen LogP contribution < -0.4 is 10.6 Å². The van der Waals surface area contributed by atoms with E-state index in [-0.39, 0.29) is 5.91 Å². The molecule has 0 radical (unpaired) electrons. The maximum Gasteiger partial charge on any atom is 0.220 e. The number of amides is 1. The first kappa shape index (κ1) is 15.5. The Kier molecular flexibility index (Phi) is 7.33. The van der Waals surface area contributed by atoms with Crippen molar-refractivity contribution in [1.29, 1.82) is 0 Å². The highest BCUT2D eigenvalue weighted by Gasteiger charge is 2.23. The Labute approximate surface area is 112 Å². The highest BCUT2D eigenvalue weighted by Crippen LogP contribution is 2.17. The van der Waals surface area contributed by atoms with Gasteiger partial charge in [0, 0.05) is 19.0 Å². The lowest BCUT2D eigenvalue weighted by molar-refractivity contribution is -0.123. The minimum atomic E-state index is 0.249. The van der Waals surface area contributed by atoms with Crippen molar-refractivity contribution in [3.05, 3.63) is 0 Å². The number of hydrogen-bond acceptors (Lipinski definition) is 2. The number of hydrogen-bond donors (Lipinski definition) is 2. The van der Waals surface area contributed by atoms with Crippen LogP contribution in [0.4, 0.5) is 0 Å². The lowest BCUT2D eigenvalue weighted by Gasteiger charge is -2.30. The van der Waals surface area contributed by atoms with E-state index in [1.807, 2.05) is 0 Å². The van der Waals surface area contributed by atoms with Gasteiger partial charge < -0.3 is 10.6 Å². The molecule has 0 aliphatic carbocycles. The molecule has 0 saturated carbocycles. The summed E-state index contributed by atoms with van der Waals surface area (Å²) in [7, 11) is 0. The van der Waals surface area contributed by atoms with E-state index in [0.29, 0.717) is 24.3 Å². The van der Waals surface area contributed by atoms with Crippen LogP contribution in [-0.2, 0) is 4.79 Å². The Balaban J connectivity index is 2.30. The van der Waals surface area contributed by atoms with Gasteiger partial charge >= 0.3 is 0 Å². The molecule has 106 valence electrons. The van der Waals surface area contributed by atoms with Crippen LogP contribution in [0.15, 0.2) is 0 Å². The van der Waals surface area contributed by atoms with Crippen LogP contribution in [0.25, 0.3) is 0 Å². The molecule has 1 fully saturated rings. The van der Waals surface area contributed by atoms with E-state index < -0.39 is 0 Å². The van der Waals surface area contributed by atoms with E-state index >= 15 is 0 Å². The van der Waals surface area contributed by atoms with Crippen molar-refractivity contribution >= 4 is 5.91 Å². The minimum Gasteiger partial charge on any atom is -0.352 e. The van der Waals surface area contributed by atoms with Gasteiger partial charge in [0.15, 0.2) is 0 Å². The zero-order valence-electron chi connectivity index (χ0n) is 12.3. The number of piperidine rings is 1. The summed E-state index contributed by atoms with van der Waals surface area (Å²) in [5, 5.41) is 6.57. The third-order valence-corrected chi connectivity index (χ3v) is 4.19. The van der Waals surface area contributed by atoms with E-state index in [0.717, 1.165) is 25.9 Å². The molecule has 18 heavy (non-hydrogen) atoms. The summed E-state index contributed by atoms with van der Waals surface area (Å²) in [5.74, 6) is 1.42. The lowest BCUT2D eigenvalue weighted by Crippen LogP contribution is -2.50. The summed E-state index contributed by atoms with van der Waals surface area (Å²) in [4.78, 5) is 12.1. The van der Waals surface area contributed by atoms with Crippen molar-refractivity contribution in [3.63, 3.8) is 0 Å². The largest absolute Gasteiger partial charge is 0.352 e. The van der Waals surface area contributed by atoms with Gasteiger partial charge in [-0.2, -0.15) is 0 Å². The average Bonchev–Trinajstić information content (AvgIpc) is 2.37. The molecular weight excluding hydrogens is 224 g/mol. The number of nitrogens with one attached hydrogen (secondary N) is 2. The fourth-order valence-corrected chi connectivity index (χ4v) is 2.65. The topological polar surface area (TPSA) is 41.1 Å². The Morgan fingerprint density at radius 1 is 1.44 bits per heavy atom. The van der Waals surface area contributed by atoms with Crippen LogP contribution in [0.3, 0.4) is 0 Å². The number of carbonyl (C=O) groups is 1. The van der Waals surface area contributed by atoms with E-state index in [2.05, 4.69) is 31.4 Å². The van der Waals surface area contributed by atoms with Crippen LogP contribution in [0, 0.1) is 11.8 Å². The lowest BCUT2D eigenvalue weighted by atomic mass is 9.93. The third-order valence-electron chi connectivity index (χ3n) is 4.19. The first-order valence-corrected chi connectivity index (χ1v) is 7.67. The van der Waals surface area contributed by atoms with E-state index in [1.165, 1.54) is 19.3 Å². The predicted molar refractivity (Wildman–Crippen MR) is 76.5 cm³/mol. The number of carbonyl (C=O) groups excluding carboxylic acids is 1. The zero-order chi connectivity index (χ0) is 13.4. The Hall–Kier alpha value is -0.570. The standard InChI is InChI=1S/C15H30N2O/c1-4-6-7-13(5-2)10-15(18)17-14-11-16-9-8-12(14)3/h12-14,16H,4-11H2,1-3H3,(H,17,18). The summed E-state index contributed by atoms with van der Waals surface area (Å²) in [6.07, 6.45) is 6.65. The molecule has 1 aliphatic heterocycles. The monoisotopic (exact) mass is 254 g/mol. The van der Waals surface area contributed by atoms with Gasteiger partial charge in [-0.05, 0) is 31.2 Å². The second-order valence-corrected chi connectivity index (χ2v) is 5.76. The van der Waals surface area contributed by atoms with E-state index in [1.54, 1.807) is 0 Å². The molecule has 1 saturated heterocycles.